The first kappa shape index (κ1) is 13.0. The molecule has 0 aliphatic carbocycles. The summed E-state index contributed by atoms with van der Waals surface area (Å²) in [5.41, 5.74) is 5.04. The molecule has 0 aliphatic rings. The molecule has 7 nitrogen and oxygen atoms in total. The highest BCUT2D eigenvalue weighted by Gasteiger charge is 2.06. The molecule has 0 bridgehead atoms. The van der Waals surface area contributed by atoms with Gasteiger partial charge in [-0.05, 0) is 5.92 Å². The second kappa shape index (κ2) is 5.88. The summed E-state index contributed by atoms with van der Waals surface area (Å²) in [6.45, 7) is 4.65. The van der Waals surface area contributed by atoms with Crippen molar-refractivity contribution >= 4 is 17.4 Å². The molecule has 0 aliphatic heterocycles. The van der Waals surface area contributed by atoms with Gasteiger partial charge in [0.25, 0.3) is 5.56 Å². The van der Waals surface area contributed by atoms with E-state index < -0.39 is 5.56 Å². The lowest BCUT2D eigenvalue weighted by Gasteiger charge is -2.09. The highest BCUT2D eigenvalue weighted by atomic mass is 16.2. The quantitative estimate of drug-likeness (QED) is 0.555. The summed E-state index contributed by atoms with van der Waals surface area (Å²) in [4.78, 5) is 28.7. The lowest BCUT2D eigenvalue weighted by Crippen LogP contribution is -2.33. The predicted octanol–water partition coefficient (Wildman–Crippen LogP) is -0.464. The summed E-state index contributed by atoms with van der Waals surface area (Å²) in [7, 11) is 0. The molecule has 1 aromatic rings. The second-order valence-corrected chi connectivity index (χ2v) is 4.05. The number of hydrogen-bond donors (Lipinski definition) is 4. The van der Waals surface area contributed by atoms with Gasteiger partial charge < -0.3 is 21.4 Å². The summed E-state index contributed by atoms with van der Waals surface area (Å²) in [5, 5.41) is 5.44. The number of anilines is 2. The predicted molar refractivity (Wildman–Crippen MR) is 65.6 cm³/mol. The fraction of sp³-hybridized carbons (Fsp3) is 0.500. The Balaban J connectivity index is 2.48. The first-order chi connectivity index (χ1) is 8.00. The largest absolute Gasteiger partial charge is 0.391 e. The van der Waals surface area contributed by atoms with E-state index in [1.54, 1.807) is 0 Å². The number of carbonyl (C=O) groups excluding carboxylic acids is 1. The van der Waals surface area contributed by atoms with Crippen molar-refractivity contribution in [3.63, 3.8) is 0 Å². The van der Waals surface area contributed by atoms with E-state index in [0.717, 1.165) is 0 Å². The van der Waals surface area contributed by atoms with Crippen molar-refractivity contribution < 1.29 is 4.79 Å². The number of hydrogen-bond acceptors (Lipinski definition) is 5. The van der Waals surface area contributed by atoms with Gasteiger partial charge in [0.05, 0.1) is 12.9 Å². The van der Waals surface area contributed by atoms with E-state index in [1.165, 1.54) is 6.33 Å². The number of aromatic nitrogens is 2. The van der Waals surface area contributed by atoms with E-state index in [4.69, 9.17) is 5.73 Å². The lowest BCUT2D eigenvalue weighted by atomic mass is 10.2. The second-order valence-electron chi connectivity index (χ2n) is 4.05. The summed E-state index contributed by atoms with van der Waals surface area (Å²) >= 11 is 0. The minimum absolute atomic E-state index is 0.0239. The molecule has 17 heavy (non-hydrogen) atoms. The van der Waals surface area contributed by atoms with Gasteiger partial charge in [0.2, 0.25) is 5.91 Å². The third-order valence-corrected chi connectivity index (χ3v) is 2.01. The van der Waals surface area contributed by atoms with Gasteiger partial charge in [0.15, 0.2) is 5.82 Å². The first-order valence-electron chi connectivity index (χ1n) is 5.34. The smallest absolute Gasteiger partial charge is 0.276 e. The van der Waals surface area contributed by atoms with Gasteiger partial charge in [0.1, 0.15) is 5.69 Å². The van der Waals surface area contributed by atoms with Crippen LogP contribution in [0.4, 0.5) is 11.5 Å². The molecule has 1 aromatic heterocycles. The summed E-state index contributed by atoms with van der Waals surface area (Å²) < 4.78 is 0. The van der Waals surface area contributed by atoms with Crippen molar-refractivity contribution in [1.82, 2.24) is 15.3 Å². The van der Waals surface area contributed by atoms with Crippen LogP contribution in [0.25, 0.3) is 0 Å². The van der Waals surface area contributed by atoms with Crippen LogP contribution in [0.5, 0.6) is 0 Å². The Labute approximate surface area is 98.8 Å². The molecular weight excluding hydrogens is 222 g/mol. The van der Waals surface area contributed by atoms with Gasteiger partial charge in [-0.15, -0.1) is 0 Å². The Kier molecular flexibility index (Phi) is 4.50. The molecule has 1 heterocycles. The van der Waals surface area contributed by atoms with Gasteiger partial charge in [-0.2, -0.15) is 0 Å². The minimum Gasteiger partial charge on any atom is -0.391 e. The Morgan fingerprint density at radius 2 is 2.29 bits per heavy atom. The molecule has 1 amide bonds. The molecule has 94 valence electrons. The highest BCUT2D eigenvalue weighted by molar-refractivity contribution is 5.81. The Bertz CT molecular complexity index is 441. The number of amides is 1. The molecule has 5 N–H and O–H groups in total. The fourth-order valence-corrected chi connectivity index (χ4v) is 1.10. The third kappa shape index (κ3) is 4.13. The zero-order valence-corrected chi connectivity index (χ0v) is 9.91. The van der Waals surface area contributed by atoms with Crippen LogP contribution >= 0.6 is 0 Å². The van der Waals surface area contributed by atoms with Crippen molar-refractivity contribution in [3.05, 3.63) is 16.7 Å². The number of nitrogens with one attached hydrogen (secondary N) is 3. The van der Waals surface area contributed by atoms with E-state index in [2.05, 4.69) is 20.6 Å². The maximum absolute atomic E-state index is 11.4. The van der Waals surface area contributed by atoms with Crippen LogP contribution in [0.15, 0.2) is 11.1 Å². The van der Waals surface area contributed by atoms with Gasteiger partial charge in [-0.1, -0.05) is 13.8 Å². The van der Waals surface area contributed by atoms with E-state index in [-0.39, 0.29) is 24.0 Å². The lowest BCUT2D eigenvalue weighted by molar-refractivity contribution is -0.119. The van der Waals surface area contributed by atoms with Crippen molar-refractivity contribution in [1.29, 1.82) is 0 Å². The average molecular weight is 239 g/mol. The van der Waals surface area contributed by atoms with Gasteiger partial charge in [0, 0.05) is 6.54 Å². The van der Waals surface area contributed by atoms with Crippen molar-refractivity contribution in [3.8, 4) is 0 Å². The number of H-pyrrole nitrogens is 1. The SMILES string of the molecule is CC(C)CNC(=O)CNc1nc[nH]c(=O)c1N. The number of rotatable bonds is 5. The van der Waals surface area contributed by atoms with Crippen LogP contribution in [0.1, 0.15) is 13.8 Å². The number of nitrogens with zero attached hydrogens (tertiary/aromatic N) is 1. The molecular formula is C10H17N5O2. The first-order valence-corrected chi connectivity index (χ1v) is 5.34. The molecule has 0 unspecified atom stereocenters. The van der Waals surface area contributed by atoms with Gasteiger partial charge in [-0.25, -0.2) is 4.98 Å². The van der Waals surface area contributed by atoms with Crippen LogP contribution in [0.3, 0.4) is 0 Å². The molecule has 0 atom stereocenters. The Morgan fingerprint density at radius 1 is 1.59 bits per heavy atom. The zero-order chi connectivity index (χ0) is 12.8. The topological polar surface area (TPSA) is 113 Å². The molecule has 0 saturated carbocycles. The Hall–Kier alpha value is -2.05. The molecule has 0 radical (unpaired) electrons. The van der Waals surface area contributed by atoms with E-state index in [9.17, 15) is 9.59 Å². The number of carbonyl (C=O) groups is 1. The summed E-state index contributed by atoms with van der Waals surface area (Å²) in [5.74, 6) is 0.440. The Morgan fingerprint density at radius 3 is 2.94 bits per heavy atom. The zero-order valence-electron chi connectivity index (χ0n) is 9.91. The maximum Gasteiger partial charge on any atom is 0.276 e. The average Bonchev–Trinajstić information content (AvgIpc) is 2.28. The van der Waals surface area contributed by atoms with Crippen molar-refractivity contribution in [2.45, 2.75) is 13.8 Å². The van der Waals surface area contributed by atoms with Crippen LogP contribution in [0, 0.1) is 5.92 Å². The molecule has 0 spiro atoms. The number of aromatic amines is 1. The van der Waals surface area contributed by atoms with E-state index >= 15 is 0 Å². The highest BCUT2D eigenvalue weighted by Crippen LogP contribution is 2.05. The standard InChI is InChI=1S/C10H17N5O2/c1-6(2)3-12-7(16)4-13-9-8(11)10(17)15-5-14-9/h5-6H,3-4,11H2,1-2H3,(H,12,16)(H2,13,14,15,17). The minimum atomic E-state index is -0.426. The molecule has 7 heteroatoms. The molecule has 1 rings (SSSR count). The number of nitrogen functional groups attached to an aromatic ring is 1. The van der Waals surface area contributed by atoms with E-state index in [1.807, 2.05) is 13.8 Å². The van der Waals surface area contributed by atoms with Gasteiger partial charge in [-0.3, -0.25) is 9.59 Å². The van der Waals surface area contributed by atoms with Crippen LogP contribution < -0.4 is 21.9 Å². The third-order valence-electron chi connectivity index (χ3n) is 2.01. The maximum atomic E-state index is 11.4. The monoisotopic (exact) mass is 239 g/mol. The normalized spacial score (nSPS) is 10.3. The van der Waals surface area contributed by atoms with Crippen molar-refractivity contribution in [2.24, 2.45) is 5.92 Å². The van der Waals surface area contributed by atoms with E-state index in [0.29, 0.717) is 12.5 Å². The summed E-state index contributed by atoms with van der Waals surface area (Å²) in [6.07, 6.45) is 1.23. The van der Waals surface area contributed by atoms with Gasteiger partial charge >= 0.3 is 0 Å². The molecule has 0 saturated heterocycles. The fourth-order valence-electron chi connectivity index (χ4n) is 1.10. The van der Waals surface area contributed by atoms with Crippen LogP contribution in [0.2, 0.25) is 0 Å². The van der Waals surface area contributed by atoms with Crippen LogP contribution in [-0.2, 0) is 4.79 Å². The van der Waals surface area contributed by atoms with Crippen molar-refractivity contribution in [2.75, 3.05) is 24.1 Å². The van der Waals surface area contributed by atoms with Crippen LogP contribution in [-0.4, -0.2) is 29.0 Å². The summed E-state index contributed by atoms with van der Waals surface area (Å²) in [6, 6.07) is 0. The number of nitrogens with two attached hydrogens (primary N) is 1. The molecule has 0 aromatic carbocycles. The molecule has 0 fully saturated rings.